The molecular weight excluding hydrogens is 516 g/mol. The van der Waals surface area contributed by atoms with E-state index >= 15 is 0 Å². The number of hydrogen-bond acceptors (Lipinski definition) is 7. The fraction of sp³-hybridized carbons (Fsp3) is 0.241. The number of halogens is 1. The maximum atomic E-state index is 13.3. The molecule has 2 aromatic carbocycles. The monoisotopic (exact) mass is 546 g/mol. The number of ether oxygens (including phenoxy) is 1. The number of aromatic nitrogens is 1. The van der Waals surface area contributed by atoms with Crippen LogP contribution >= 0.6 is 11.6 Å². The fourth-order valence-corrected chi connectivity index (χ4v) is 3.82. The fourth-order valence-electron chi connectivity index (χ4n) is 3.70. The molecule has 39 heavy (non-hydrogen) atoms. The molecule has 0 unspecified atom stereocenters. The van der Waals surface area contributed by atoms with Crippen LogP contribution in [0, 0.1) is 12.3 Å². The standard InChI is InChI=1S/C29H31ClN6O3/c1-6-21-16-25(29(38)33-27-13-10-23(30)19-31-27)28(26(17-21)39-5)36(20-37)24-11-8-22(9-12-24)18-32-35(4)15-7-14-34(2)3/h1,8-13,16-20H,7,14-15H2,2-5H3,(H,31,33,38). The van der Waals surface area contributed by atoms with Gasteiger partial charge in [-0.15, -0.1) is 6.42 Å². The number of carbonyl (C=O) groups is 2. The summed E-state index contributed by atoms with van der Waals surface area (Å²) < 4.78 is 5.55. The zero-order chi connectivity index (χ0) is 28.4. The second kappa shape index (κ2) is 14.0. The number of hydrazone groups is 1. The van der Waals surface area contributed by atoms with Gasteiger partial charge in [0.25, 0.3) is 5.91 Å². The number of rotatable bonds is 12. The van der Waals surface area contributed by atoms with Gasteiger partial charge < -0.3 is 20.0 Å². The molecule has 2 amide bonds. The maximum absolute atomic E-state index is 13.3. The van der Waals surface area contributed by atoms with E-state index < -0.39 is 5.91 Å². The van der Waals surface area contributed by atoms with Crippen LogP contribution in [0.5, 0.6) is 5.75 Å². The van der Waals surface area contributed by atoms with Crippen LogP contribution in [0.1, 0.15) is 27.9 Å². The molecule has 1 N–H and O–H groups in total. The highest BCUT2D eigenvalue weighted by molar-refractivity contribution is 6.30. The van der Waals surface area contributed by atoms with Gasteiger partial charge in [0.1, 0.15) is 17.3 Å². The molecule has 10 heteroatoms. The lowest BCUT2D eigenvalue weighted by Gasteiger charge is -2.23. The molecule has 3 rings (SSSR count). The molecule has 0 saturated carbocycles. The smallest absolute Gasteiger partial charge is 0.259 e. The summed E-state index contributed by atoms with van der Waals surface area (Å²) in [6, 6.07) is 13.5. The average molecular weight is 547 g/mol. The van der Waals surface area contributed by atoms with Crippen LogP contribution in [0.4, 0.5) is 17.2 Å². The number of benzene rings is 2. The minimum Gasteiger partial charge on any atom is -0.494 e. The predicted molar refractivity (Wildman–Crippen MR) is 156 cm³/mol. The van der Waals surface area contributed by atoms with E-state index in [-0.39, 0.29) is 22.8 Å². The lowest BCUT2D eigenvalue weighted by atomic mass is 10.0. The number of hydrogen-bond donors (Lipinski definition) is 1. The van der Waals surface area contributed by atoms with E-state index in [1.807, 2.05) is 38.3 Å². The predicted octanol–water partition coefficient (Wildman–Crippen LogP) is 4.49. The molecule has 1 heterocycles. The van der Waals surface area contributed by atoms with Gasteiger partial charge in [-0.1, -0.05) is 29.7 Å². The Bertz CT molecular complexity index is 1350. The van der Waals surface area contributed by atoms with Gasteiger partial charge in [-0.2, -0.15) is 5.10 Å². The van der Waals surface area contributed by atoms with Crippen molar-refractivity contribution in [1.29, 1.82) is 0 Å². The molecule has 0 saturated heterocycles. The van der Waals surface area contributed by atoms with Crippen LogP contribution in [-0.4, -0.2) is 74.8 Å². The number of nitrogens with one attached hydrogen (secondary N) is 1. The number of carbonyl (C=O) groups excluding carboxylic acids is 2. The van der Waals surface area contributed by atoms with Crippen molar-refractivity contribution in [2.24, 2.45) is 5.10 Å². The quantitative estimate of drug-likeness (QED) is 0.156. The first-order valence-corrected chi connectivity index (χ1v) is 12.5. The van der Waals surface area contributed by atoms with Crippen LogP contribution in [0.25, 0.3) is 0 Å². The molecule has 1 aromatic heterocycles. The zero-order valence-corrected chi connectivity index (χ0v) is 23.1. The van der Waals surface area contributed by atoms with E-state index in [1.165, 1.54) is 24.3 Å². The SMILES string of the molecule is C#Cc1cc(OC)c(N(C=O)c2ccc(C=NN(C)CCCN(C)C)cc2)c(C(=O)Nc2ccc(Cl)cn2)c1. The number of pyridine rings is 1. The number of nitrogens with zero attached hydrogens (tertiary/aromatic N) is 5. The van der Waals surface area contributed by atoms with Crippen LogP contribution < -0.4 is 15.0 Å². The van der Waals surface area contributed by atoms with Crippen molar-refractivity contribution in [3.8, 4) is 18.1 Å². The highest BCUT2D eigenvalue weighted by Gasteiger charge is 2.24. The second-order valence-electron chi connectivity index (χ2n) is 8.88. The Balaban J connectivity index is 1.90. The summed E-state index contributed by atoms with van der Waals surface area (Å²) in [5, 5.41) is 9.50. The summed E-state index contributed by atoms with van der Waals surface area (Å²) in [6.45, 7) is 1.81. The highest BCUT2D eigenvalue weighted by Crippen LogP contribution is 2.37. The van der Waals surface area contributed by atoms with Gasteiger partial charge in [0.05, 0.1) is 23.9 Å². The molecular formula is C29H31ClN6O3. The van der Waals surface area contributed by atoms with E-state index in [2.05, 4.69) is 26.2 Å². The Morgan fingerprint density at radius 2 is 1.90 bits per heavy atom. The summed E-state index contributed by atoms with van der Waals surface area (Å²) in [7, 11) is 7.45. The number of amides is 2. The third-order valence-electron chi connectivity index (χ3n) is 5.68. The topological polar surface area (TPSA) is 90.4 Å². The minimum absolute atomic E-state index is 0.135. The summed E-state index contributed by atoms with van der Waals surface area (Å²) >= 11 is 5.90. The first-order valence-electron chi connectivity index (χ1n) is 12.1. The van der Waals surface area contributed by atoms with Crippen LogP contribution in [0.3, 0.4) is 0 Å². The van der Waals surface area contributed by atoms with E-state index in [0.717, 1.165) is 25.1 Å². The van der Waals surface area contributed by atoms with E-state index in [4.69, 9.17) is 22.8 Å². The molecule has 3 aromatic rings. The summed E-state index contributed by atoms with van der Waals surface area (Å²) in [6.07, 6.45) is 10.4. The molecule has 0 aliphatic rings. The Kier molecular flexibility index (Phi) is 10.4. The lowest BCUT2D eigenvalue weighted by Crippen LogP contribution is -2.22. The van der Waals surface area contributed by atoms with Crippen LogP contribution in [0.2, 0.25) is 5.02 Å². The zero-order valence-electron chi connectivity index (χ0n) is 22.4. The van der Waals surface area contributed by atoms with Crippen molar-refractivity contribution >= 4 is 47.3 Å². The van der Waals surface area contributed by atoms with Crippen LogP contribution in [-0.2, 0) is 4.79 Å². The Hall–Kier alpha value is -4.39. The van der Waals surface area contributed by atoms with Gasteiger partial charge >= 0.3 is 0 Å². The number of terminal acetylenes is 1. The lowest BCUT2D eigenvalue weighted by molar-refractivity contribution is -0.106. The van der Waals surface area contributed by atoms with E-state index in [9.17, 15) is 9.59 Å². The molecule has 0 aliphatic carbocycles. The first kappa shape index (κ1) is 29.2. The van der Waals surface area contributed by atoms with Gasteiger partial charge in [-0.05, 0) is 69.0 Å². The second-order valence-corrected chi connectivity index (χ2v) is 9.32. The van der Waals surface area contributed by atoms with Crippen molar-refractivity contribution in [2.45, 2.75) is 6.42 Å². The Morgan fingerprint density at radius 3 is 2.49 bits per heavy atom. The first-order chi connectivity index (χ1) is 18.7. The molecule has 0 aliphatic heterocycles. The van der Waals surface area contributed by atoms with Crippen molar-refractivity contribution in [3.05, 3.63) is 76.4 Å². The summed E-state index contributed by atoms with van der Waals surface area (Å²) in [5.41, 5.74) is 2.16. The highest BCUT2D eigenvalue weighted by atomic mass is 35.5. The van der Waals surface area contributed by atoms with Crippen LogP contribution in [0.15, 0.2) is 59.8 Å². The van der Waals surface area contributed by atoms with Crippen molar-refractivity contribution in [1.82, 2.24) is 14.9 Å². The van der Waals surface area contributed by atoms with Gasteiger partial charge in [-0.3, -0.25) is 14.5 Å². The third-order valence-corrected chi connectivity index (χ3v) is 5.91. The molecule has 0 spiro atoms. The molecule has 0 radical (unpaired) electrons. The molecule has 0 atom stereocenters. The van der Waals surface area contributed by atoms with Gasteiger partial charge in [-0.25, -0.2) is 4.98 Å². The minimum atomic E-state index is -0.525. The molecule has 0 fully saturated rings. The Labute approximate surface area is 234 Å². The number of anilines is 3. The normalized spacial score (nSPS) is 10.8. The summed E-state index contributed by atoms with van der Waals surface area (Å²) in [5.74, 6) is 2.54. The van der Waals surface area contributed by atoms with E-state index in [0.29, 0.717) is 22.7 Å². The number of methoxy groups -OCH3 is 1. The maximum Gasteiger partial charge on any atom is 0.259 e. The Morgan fingerprint density at radius 1 is 1.15 bits per heavy atom. The molecule has 0 bridgehead atoms. The average Bonchev–Trinajstić information content (AvgIpc) is 2.93. The van der Waals surface area contributed by atoms with Gasteiger partial charge in [0.15, 0.2) is 0 Å². The van der Waals surface area contributed by atoms with Crippen molar-refractivity contribution in [2.75, 3.05) is 51.6 Å². The molecule has 9 nitrogen and oxygen atoms in total. The van der Waals surface area contributed by atoms with Crippen molar-refractivity contribution in [3.63, 3.8) is 0 Å². The molecule has 202 valence electrons. The van der Waals surface area contributed by atoms with Gasteiger partial charge in [0.2, 0.25) is 6.41 Å². The third kappa shape index (κ3) is 8.04. The largest absolute Gasteiger partial charge is 0.494 e. The van der Waals surface area contributed by atoms with Gasteiger partial charge in [0, 0.05) is 31.0 Å². The van der Waals surface area contributed by atoms with Crippen molar-refractivity contribution < 1.29 is 14.3 Å². The summed E-state index contributed by atoms with van der Waals surface area (Å²) in [4.78, 5) is 33.3. The van der Waals surface area contributed by atoms with E-state index in [1.54, 1.807) is 36.5 Å².